The molecule has 5 rings (SSSR count). The molecule has 4 heterocycles. The summed E-state index contributed by atoms with van der Waals surface area (Å²) in [5.41, 5.74) is 2.25. The van der Waals surface area contributed by atoms with Crippen molar-refractivity contribution in [2.45, 2.75) is 57.8 Å². The van der Waals surface area contributed by atoms with Gasteiger partial charge in [0.2, 0.25) is 5.91 Å². The molecule has 0 radical (unpaired) electrons. The Labute approximate surface area is 204 Å². The van der Waals surface area contributed by atoms with Gasteiger partial charge in [-0.2, -0.15) is 0 Å². The molecule has 3 amide bonds. The van der Waals surface area contributed by atoms with Crippen LogP contribution in [-0.4, -0.2) is 58.7 Å². The molecule has 8 heteroatoms. The molecule has 0 bridgehead atoms. The van der Waals surface area contributed by atoms with E-state index in [2.05, 4.69) is 10.3 Å². The second kappa shape index (κ2) is 10.3. The summed E-state index contributed by atoms with van der Waals surface area (Å²) >= 11 is 1.54. The Hall–Kier alpha value is -2.74. The predicted octanol–water partition coefficient (Wildman–Crippen LogP) is 4.14. The molecule has 0 saturated carbocycles. The molecule has 2 aliphatic heterocycles. The van der Waals surface area contributed by atoms with Crippen molar-refractivity contribution >= 4 is 34.1 Å². The Balaban J connectivity index is 1.31. The van der Waals surface area contributed by atoms with E-state index in [-0.39, 0.29) is 23.6 Å². The number of nitrogens with zero attached hydrogens (tertiary/aromatic N) is 3. The Morgan fingerprint density at radius 2 is 1.71 bits per heavy atom. The molecular formula is C26H32N4O3S. The van der Waals surface area contributed by atoms with Gasteiger partial charge in [-0.05, 0) is 75.5 Å². The third kappa shape index (κ3) is 4.73. The maximum Gasteiger partial charge on any atom is 0.257 e. The van der Waals surface area contributed by atoms with Crippen LogP contribution < -0.4 is 5.32 Å². The van der Waals surface area contributed by atoms with Crippen LogP contribution in [0.1, 0.15) is 76.1 Å². The van der Waals surface area contributed by atoms with Crippen LogP contribution in [0.25, 0.3) is 0 Å². The number of fused-ring (bicyclic) bond motifs is 1. The Morgan fingerprint density at radius 3 is 2.44 bits per heavy atom. The van der Waals surface area contributed by atoms with E-state index < -0.39 is 0 Å². The SMILES string of the molecule is O=C(Nc1sc2c(c1C(=O)N1CCC(C(=O)N3CCCCC3)CC1)CCCC2)c1cccnc1. The van der Waals surface area contributed by atoms with Gasteiger partial charge in [0.15, 0.2) is 0 Å². The number of aryl methyl sites for hydroxylation is 1. The molecule has 1 N–H and O–H groups in total. The lowest BCUT2D eigenvalue weighted by Crippen LogP contribution is -2.45. The molecular weight excluding hydrogens is 448 g/mol. The topological polar surface area (TPSA) is 82.6 Å². The number of likely N-dealkylation sites (tertiary alicyclic amines) is 2. The Kier molecular flexibility index (Phi) is 6.94. The molecule has 0 atom stereocenters. The molecule has 2 aromatic heterocycles. The van der Waals surface area contributed by atoms with E-state index in [1.54, 1.807) is 29.7 Å². The lowest BCUT2D eigenvalue weighted by molar-refractivity contribution is -0.137. The lowest BCUT2D eigenvalue weighted by atomic mass is 9.92. The van der Waals surface area contributed by atoms with Gasteiger partial charge in [0.05, 0.1) is 11.1 Å². The average Bonchev–Trinajstić information content (AvgIpc) is 3.26. The number of pyridine rings is 1. The fourth-order valence-corrected chi connectivity index (χ4v) is 6.69. The molecule has 7 nitrogen and oxygen atoms in total. The van der Waals surface area contributed by atoms with Crippen LogP contribution in [0.5, 0.6) is 0 Å². The largest absolute Gasteiger partial charge is 0.342 e. The normalized spacial score (nSPS) is 18.9. The van der Waals surface area contributed by atoms with Gasteiger partial charge in [0.25, 0.3) is 11.8 Å². The number of rotatable bonds is 4. The minimum absolute atomic E-state index is 0.00948. The highest BCUT2D eigenvalue weighted by Crippen LogP contribution is 2.39. The molecule has 0 spiro atoms. The molecule has 2 fully saturated rings. The number of aromatic nitrogens is 1. The minimum Gasteiger partial charge on any atom is -0.342 e. The summed E-state index contributed by atoms with van der Waals surface area (Å²) < 4.78 is 0. The summed E-state index contributed by atoms with van der Waals surface area (Å²) in [4.78, 5) is 48.6. The highest BCUT2D eigenvalue weighted by atomic mass is 32.1. The first-order chi connectivity index (χ1) is 16.6. The van der Waals surface area contributed by atoms with Gasteiger partial charge >= 0.3 is 0 Å². The van der Waals surface area contributed by atoms with Gasteiger partial charge in [-0.15, -0.1) is 11.3 Å². The van der Waals surface area contributed by atoms with E-state index in [1.807, 2.05) is 9.80 Å². The third-order valence-electron chi connectivity index (χ3n) is 7.34. The number of piperidine rings is 2. The second-order valence-corrected chi connectivity index (χ2v) is 10.7. The van der Waals surface area contributed by atoms with E-state index in [9.17, 15) is 14.4 Å². The van der Waals surface area contributed by atoms with Gasteiger partial charge in [-0.1, -0.05) is 0 Å². The van der Waals surface area contributed by atoms with Crippen molar-refractivity contribution in [3.8, 4) is 0 Å². The van der Waals surface area contributed by atoms with Crippen molar-refractivity contribution in [3.63, 3.8) is 0 Å². The van der Waals surface area contributed by atoms with E-state index in [0.717, 1.165) is 57.2 Å². The van der Waals surface area contributed by atoms with Crippen LogP contribution in [-0.2, 0) is 17.6 Å². The van der Waals surface area contributed by atoms with Crippen LogP contribution in [0, 0.1) is 5.92 Å². The van der Waals surface area contributed by atoms with Gasteiger partial charge < -0.3 is 15.1 Å². The van der Waals surface area contributed by atoms with Crippen LogP contribution in [0.4, 0.5) is 5.00 Å². The van der Waals surface area contributed by atoms with Crippen LogP contribution in [0.15, 0.2) is 24.5 Å². The zero-order valence-electron chi connectivity index (χ0n) is 19.6. The molecule has 34 heavy (non-hydrogen) atoms. The van der Waals surface area contributed by atoms with Gasteiger partial charge in [0.1, 0.15) is 5.00 Å². The summed E-state index contributed by atoms with van der Waals surface area (Å²) in [5, 5.41) is 3.66. The van der Waals surface area contributed by atoms with E-state index in [4.69, 9.17) is 0 Å². The van der Waals surface area contributed by atoms with Crippen molar-refractivity contribution in [1.82, 2.24) is 14.8 Å². The number of carbonyl (C=O) groups is 3. The fourth-order valence-electron chi connectivity index (χ4n) is 5.41. The second-order valence-electron chi connectivity index (χ2n) is 9.56. The number of amides is 3. The number of hydrogen-bond donors (Lipinski definition) is 1. The van der Waals surface area contributed by atoms with Crippen molar-refractivity contribution in [1.29, 1.82) is 0 Å². The monoisotopic (exact) mass is 480 g/mol. The average molecular weight is 481 g/mol. The third-order valence-corrected chi connectivity index (χ3v) is 8.54. The quantitative estimate of drug-likeness (QED) is 0.713. The number of hydrogen-bond acceptors (Lipinski definition) is 5. The molecule has 2 saturated heterocycles. The van der Waals surface area contributed by atoms with Crippen molar-refractivity contribution < 1.29 is 14.4 Å². The Morgan fingerprint density at radius 1 is 0.941 bits per heavy atom. The summed E-state index contributed by atoms with van der Waals surface area (Å²) in [6.07, 6.45) is 12.0. The van der Waals surface area contributed by atoms with Gasteiger partial charge in [-0.3, -0.25) is 19.4 Å². The summed E-state index contributed by atoms with van der Waals surface area (Å²) in [6, 6.07) is 3.46. The number of thiophene rings is 1. The zero-order chi connectivity index (χ0) is 23.5. The van der Waals surface area contributed by atoms with E-state index in [1.165, 1.54) is 17.5 Å². The lowest BCUT2D eigenvalue weighted by Gasteiger charge is -2.35. The van der Waals surface area contributed by atoms with Crippen LogP contribution >= 0.6 is 11.3 Å². The summed E-state index contributed by atoms with van der Waals surface area (Å²) in [7, 11) is 0. The minimum atomic E-state index is -0.244. The molecule has 0 unspecified atom stereocenters. The molecule has 3 aliphatic rings. The maximum absolute atomic E-state index is 13.7. The van der Waals surface area contributed by atoms with Crippen molar-refractivity contribution in [2.75, 3.05) is 31.5 Å². The van der Waals surface area contributed by atoms with E-state index in [0.29, 0.717) is 42.1 Å². The summed E-state index contributed by atoms with van der Waals surface area (Å²) in [6.45, 7) is 2.92. The highest BCUT2D eigenvalue weighted by Gasteiger charge is 2.34. The summed E-state index contributed by atoms with van der Waals surface area (Å²) in [5.74, 6) is 0.0313. The number of carbonyl (C=O) groups excluding carboxylic acids is 3. The highest BCUT2D eigenvalue weighted by molar-refractivity contribution is 7.17. The first kappa shape index (κ1) is 23.0. The Bertz CT molecular complexity index is 1050. The smallest absolute Gasteiger partial charge is 0.257 e. The van der Waals surface area contributed by atoms with Gasteiger partial charge in [0, 0.05) is 49.4 Å². The first-order valence-electron chi connectivity index (χ1n) is 12.6. The predicted molar refractivity (Wildman–Crippen MR) is 132 cm³/mol. The maximum atomic E-state index is 13.7. The van der Waals surface area contributed by atoms with Crippen molar-refractivity contribution in [2.24, 2.45) is 5.92 Å². The number of anilines is 1. The van der Waals surface area contributed by atoms with Crippen molar-refractivity contribution in [3.05, 3.63) is 46.1 Å². The molecule has 1 aliphatic carbocycles. The molecule has 2 aromatic rings. The van der Waals surface area contributed by atoms with Crippen LogP contribution in [0.2, 0.25) is 0 Å². The first-order valence-corrected chi connectivity index (χ1v) is 13.4. The van der Waals surface area contributed by atoms with Crippen LogP contribution in [0.3, 0.4) is 0 Å². The fraction of sp³-hybridized carbons (Fsp3) is 0.538. The van der Waals surface area contributed by atoms with E-state index >= 15 is 0 Å². The number of nitrogens with one attached hydrogen (secondary N) is 1. The standard InChI is InChI=1S/C26H32N4O3S/c31-23(19-7-6-12-27-17-19)28-24-22(20-8-2-3-9-21(20)34-24)26(33)30-15-10-18(11-16-30)25(32)29-13-4-1-5-14-29/h6-7,12,17-18H,1-5,8-11,13-16H2,(H,28,31). The zero-order valence-corrected chi connectivity index (χ0v) is 20.4. The van der Waals surface area contributed by atoms with Gasteiger partial charge in [-0.25, -0.2) is 0 Å². The molecule has 0 aromatic carbocycles. The molecule has 180 valence electrons.